The van der Waals surface area contributed by atoms with Crippen LogP contribution in [0.2, 0.25) is 0 Å². The van der Waals surface area contributed by atoms with Crippen molar-refractivity contribution >= 4 is 6.16 Å². The Kier molecular flexibility index (Phi) is 2.79. The lowest BCUT2D eigenvalue weighted by molar-refractivity contribution is -0.270. The van der Waals surface area contributed by atoms with Gasteiger partial charge in [0.05, 0.1) is 6.61 Å². The molecule has 0 radical (unpaired) electrons. The minimum absolute atomic E-state index is 0.387. The van der Waals surface area contributed by atoms with Crippen molar-refractivity contribution in [3.8, 4) is 0 Å². The van der Waals surface area contributed by atoms with Crippen molar-refractivity contribution in [3.63, 3.8) is 0 Å². The first-order valence-electron chi connectivity index (χ1n) is 4.52. The molecule has 7 heteroatoms. The van der Waals surface area contributed by atoms with Crippen LogP contribution in [0.25, 0.3) is 0 Å². The predicted octanol–water partition coefficient (Wildman–Crippen LogP) is -1.39. The summed E-state index contributed by atoms with van der Waals surface area (Å²) in [6.45, 7) is -0.387. The van der Waals surface area contributed by atoms with Gasteiger partial charge in [0.2, 0.25) is 0 Å². The lowest BCUT2D eigenvalue weighted by atomic mass is 9.99. The molecule has 15 heavy (non-hydrogen) atoms. The van der Waals surface area contributed by atoms with Crippen LogP contribution in [0, 0.1) is 0 Å². The van der Waals surface area contributed by atoms with Crippen molar-refractivity contribution in [1.29, 1.82) is 0 Å². The lowest BCUT2D eigenvalue weighted by Crippen LogP contribution is -2.57. The highest BCUT2D eigenvalue weighted by Gasteiger charge is 2.53. The van der Waals surface area contributed by atoms with E-state index in [2.05, 4.69) is 0 Å². The van der Waals surface area contributed by atoms with E-state index in [1.165, 1.54) is 7.11 Å². The van der Waals surface area contributed by atoms with E-state index in [4.69, 9.17) is 24.1 Å². The number of ether oxygens (including phenoxy) is 4. The third kappa shape index (κ3) is 1.67. The van der Waals surface area contributed by atoms with Crippen LogP contribution in [0.5, 0.6) is 0 Å². The van der Waals surface area contributed by atoms with E-state index in [1.54, 1.807) is 0 Å². The minimum atomic E-state index is -1.11. The molecule has 2 aliphatic rings. The maximum atomic E-state index is 10.9. The zero-order valence-corrected chi connectivity index (χ0v) is 8.03. The summed E-state index contributed by atoms with van der Waals surface area (Å²) in [4.78, 5) is 10.9. The third-order valence-electron chi connectivity index (χ3n) is 2.50. The van der Waals surface area contributed by atoms with Gasteiger partial charge in [-0.25, -0.2) is 4.79 Å². The van der Waals surface area contributed by atoms with Gasteiger partial charge in [0.25, 0.3) is 0 Å². The zero-order chi connectivity index (χ0) is 11.0. The molecule has 86 valence electrons. The summed E-state index contributed by atoms with van der Waals surface area (Å²) in [6.07, 6.45) is -5.30. The summed E-state index contributed by atoms with van der Waals surface area (Å²) in [5.74, 6) is 0. The first kappa shape index (κ1) is 10.6. The molecule has 0 saturated carbocycles. The van der Waals surface area contributed by atoms with Crippen LogP contribution in [0.15, 0.2) is 0 Å². The topological polar surface area (TPSA) is 94.5 Å². The Morgan fingerprint density at radius 1 is 1.40 bits per heavy atom. The van der Waals surface area contributed by atoms with Crippen LogP contribution in [0.4, 0.5) is 4.79 Å². The van der Waals surface area contributed by atoms with Crippen LogP contribution >= 0.6 is 0 Å². The second-order valence-corrected chi connectivity index (χ2v) is 3.37. The first-order valence-corrected chi connectivity index (χ1v) is 4.52. The van der Waals surface area contributed by atoms with E-state index in [0.717, 1.165) is 0 Å². The summed E-state index contributed by atoms with van der Waals surface area (Å²) in [5.41, 5.74) is 0. The lowest BCUT2D eigenvalue weighted by Gasteiger charge is -2.37. The number of hydrogen-bond donors (Lipinski definition) is 2. The molecular formula is C8H12O7. The fraction of sp³-hybridized carbons (Fsp3) is 0.875. The molecule has 7 nitrogen and oxygen atoms in total. The fourth-order valence-electron chi connectivity index (χ4n) is 1.74. The molecule has 0 aromatic rings. The molecule has 2 N–H and O–H groups in total. The van der Waals surface area contributed by atoms with Crippen LogP contribution in [-0.2, 0) is 18.9 Å². The molecular weight excluding hydrogens is 208 g/mol. The maximum Gasteiger partial charge on any atom is 0.509 e. The fourth-order valence-corrected chi connectivity index (χ4v) is 1.74. The molecule has 0 unspecified atom stereocenters. The number of hydrogen-bond acceptors (Lipinski definition) is 7. The molecule has 2 aliphatic heterocycles. The number of carbonyl (C=O) groups is 1. The van der Waals surface area contributed by atoms with Crippen molar-refractivity contribution in [2.45, 2.75) is 30.7 Å². The van der Waals surface area contributed by atoms with Crippen molar-refractivity contribution in [3.05, 3.63) is 0 Å². The van der Waals surface area contributed by atoms with Gasteiger partial charge in [-0.1, -0.05) is 0 Å². The second-order valence-electron chi connectivity index (χ2n) is 3.37. The van der Waals surface area contributed by atoms with E-state index in [9.17, 15) is 9.90 Å². The first-order chi connectivity index (χ1) is 7.17. The smallest absolute Gasteiger partial charge is 0.424 e. The van der Waals surface area contributed by atoms with E-state index >= 15 is 0 Å². The van der Waals surface area contributed by atoms with Crippen LogP contribution < -0.4 is 0 Å². The average Bonchev–Trinajstić information content (AvgIpc) is 2.61. The van der Waals surface area contributed by atoms with Crippen LogP contribution in [-0.4, -0.2) is 60.8 Å². The van der Waals surface area contributed by atoms with Gasteiger partial charge in [-0.15, -0.1) is 0 Å². The zero-order valence-electron chi connectivity index (χ0n) is 8.03. The van der Waals surface area contributed by atoms with E-state index in [0.29, 0.717) is 0 Å². The molecule has 2 saturated heterocycles. The molecule has 0 spiro atoms. The highest BCUT2D eigenvalue weighted by molar-refractivity contribution is 5.62. The highest BCUT2D eigenvalue weighted by Crippen LogP contribution is 2.30. The SMILES string of the molecule is CO[C@H]1O[C@H](CO)[C@@H](O)[C@H]2OC(=O)O[C@H]12. The number of fused-ring (bicyclic) bond motifs is 1. The standard InChI is InChI=1S/C8H12O7/c1-12-7-6-5(14-8(11)15-6)4(10)3(2-9)13-7/h3-7,9-10H,2H2,1H3/t3-,4-,5-,6+,7+/m1/s1. The van der Waals surface area contributed by atoms with Crippen LogP contribution in [0.1, 0.15) is 0 Å². The molecule has 0 aromatic heterocycles. The molecule has 2 rings (SSSR count). The van der Waals surface area contributed by atoms with Gasteiger partial charge in [-0.05, 0) is 0 Å². The second kappa shape index (κ2) is 3.93. The molecule has 0 bridgehead atoms. The summed E-state index contributed by atoms with van der Waals surface area (Å²) >= 11 is 0. The number of methoxy groups -OCH3 is 1. The number of rotatable bonds is 2. The van der Waals surface area contributed by atoms with Gasteiger partial charge >= 0.3 is 6.16 Å². The predicted molar refractivity (Wildman–Crippen MR) is 43.9 cm³/mol. The molecule has 2 fully saturated rings. The Morgan fingerprint density at radius 3 is 2.67 bits per heavy atom. The number of aliphatic hydroxyl groups is 2. The van der Waals surface area contributed by atoms with Gasteiger partial charge in [-0.2, -0.15) is 0 Å². The van der Waals surface area contributed by atoms with Crippen molar-refractivity contribution in [1.82, 2.24) is 0 Å². The van der Waals surface area contributed by atoms with Gasteiger partial charge in [0.15, 0.2) is 18.5 Å². The van der Waals surface area contributed by atoms with Crippen molar-refractivity contribution in [2.24, 2.45) is 0 Å². The van der Waals surface area contributed by atoms with E-state index in [1.807, 2.05) is 0 Å². The van der Waals surface area contributed by atoms with Gasteiger partial charge < -0.3 is 29.2 Å². The van der Waals surface area contributed by atoms with Crippen molar-refractivity contribution in [2.75, 3.05) is 13.7 Å². The van der Waals surface area contributed by atoms with Gasteiger partial charge in [0, 0.05) is 7.11 Å². The number of carbonyl (C=O) groups excluding carboxylic acids is 1. The highest BCUT2D eigenvalue weighted by atomic mass is 16.8. The van der Waals surface area contributed by atoms with Gasteiger partial charge in [-0.3, -0.25) is 0 Å². The third-order valence-corrected chi connectivity index (χ3v) is 2.50. The molecule has 5 atom stereocenters. The van der Waals surface area contributed by atoms with Crippen LogP contribution in [0.3, 0.4) is 0 Å². The molecule has 2 heterocycles. The Hall–Kier alpha value is -0.890. The summed E-state index contributed by atoms with van der Waals surface area (Å²) < 4.78 is 19.7. The molecule has 0 aromatic carbocycles. The largest absolute Gasteiger partial charge is 0.509 e. The maximum absolute atomic E-state index is 10.9. The Bertz CT molecular complexity index is 255. The monoisotopic (exact) mass is 220 g/mol. The molecule has 0 amide bonds. The van der Waals surface area contributed by atoms with Crippen molar-refractivity contribution < 1.29 is 34.0 Å². The number of aliphatic hydroxyl groups excluding tert-OH is 2. The quantitative estimate of drug-likeness (QED) is 0.553. The van der Waals surface area contributed by atoms with Gasteiger partial charge in [0.1, 0.15) is 12.2 Å². The Labute approximate surface area is 85.5 Å². The van der Waals surface area contributed by atoms with E-state index < -0.39 is 36.9 Å². The molecule has 0 aliphatic carbocycles. The summed E-state index contributed by atoms with van der Waals surface area (Å²) in [6, 6.07) is 0. The minimum Gasteiger partial charge on any atom is -0.424 e. The Morgan fingerprint density at radius 2 is 2.07 bits per heavy atom. The Balaban J connectivity index is 2.16. The summed E-state index contributed by atoms with van der Waals surface area (Å²) in [7, 11) is 1.38. The summed E-state index contributed by atoms with van der Waals surface area (Å²) in [5, 5.41) is 18.6. The van der Waals surface area contributed by atoms with E-state index in [-0.39, 0.29) is 6.61 Å². The normalized spacial score (nSPS) is 44.5. The average molecular weight is 220 g/mol.